The lowest BCUT2D eigenvalue weighted by Crippen LogP contribution is -2.38. The molecule has 20 heavy (non-hydrogen) atoms. The molecule has 1 atom stereocenters. The predicted octanol–water partition coefficient (Wildman–Crippen LogP) is 2.88. The van der Waals surface area contributed by atoms with E-state index in [1.807, 2.05) is 12.1 Å². The number of ether oxygens (including phenoxy) is 1. The molecular formula is C15H22ClN3O. The third-order valence-electron chi connectivity index (χ3n) is 3.90. The van der Waals surface area contributed by atoms with Crippen molar-refractivity contribution in [3.8, 4) is 0 Å². The first-order valence-electron chi connectivity index (χ1n) is 6.94. The fraction of sp³-hybridized carbons (Fsp3) is 0.533. The molecule has 0 radical (unpaired) electrons. The Morgan fingerprint density at radius 3 is 2.80 bits per heavy atom. The monoisotopic (exact) mass is 295 g/mol. The minimum atomic E-state index is 0.0102. The molecule has 1 fully saturated rings. The van der Waals surface area contributed by atoms with Gasteiger partial charge in [0, 0.05) is 25.4 Å². The van der Waals surface area contributed by atoms with E-state index in [2.05, 4.69) is 11.8 Å². The second kappa shape index (κ2) is 6.46. The van der Waals surface area contributed by atoms with E-state index in [-0.39, 0.29) is 5.84 Å². The Balaban J connectivity index is 2.36. The van der Waals surface area contributed by atoms with Crippen molar-refractivity contribution in [2.45, 2.75) is 25.8 Å². The topological polar surface area (TPSA) is 62.3 Å². The summed E-state index contributed by atoms with van der Waals surface area (Å²) in [4.78, 5) is 2.27. The number of rotatable bonds is 7. The van der Waals surface area contributed by atoms with Crippen molar-refractivity contribution >= 4 is 23.1 Å². The Hall–Kier alpha value is -1.26. The molecule has 0 heterocycles. The number of anilines is 1. The van der Waals surface area contributed by atoms with E-state index in [0.717, 1.165) is 12.2 Å². The highest BCUT2D eigenvalue weighted by Gasteiger charge is 2.33. The standard InChI is InChI=1S/C15H22ClN3O/c1-10(11-6-7-11)19(8-9-20-2)13-5-3-4-12(16)14(13)15(17)18/h3-5,10-11H,6-9H2,1-2H3,(H3,17,18). The predicted molar refractivity (Wildman–Crippen MR) is 83.9 cm³/mol. The zero-order valence-corrected chi connectivity index (χ0v) is 12.8. The van der Waals surface area contributed by atoms with Gasteiger partial charge >= 0.3 is 0 Å². The summed E-state index contributed by atoms with van der Waals surface area (Å²) in [6.45, 7) is 3.63. The highest BCUT2D eigenvalue weighted by Crippen LogP contribution is 2.38. The molecule has 1 saturated carbocycles. The number of halogens is 1. The number of methoxy groups -OCH3 is 1. The van der Waals surface area contributed by atoms with Gasteiger partial charge in [-0.2, -0.15) is 0 Å². The van der Waals surface area contributed by atoms with E-state index in [1.54, 1.807) is 13.2 Å². The summed E-state index contributed by atoms with van der Waals surface area (Å²) >= 11 is 6.22. The Labute approximate surface area is 125 Å². The van der Waals surface area contributed by atoms with E-state index >= 15 is 0 Å². The normalized spacial score (nSPS) is 15.9. The molecule has 0 bridgehead atoms. The fourth-order valence-corrected chi connectivity index (χ4v) is 2.86. The van der Waals surface area contributed by atoms with Crippen molar-refractivity contribution in [1.82, 2.24) is 0 Å². The van der Waals surface area contributed by atoms with Crippen molar-refractivity contribution < 1.29 is 4.74 Å². The molecule has 0 saturated heterocycles. The molecular weight excluding hydrogens is 274 g/mol. The zero-order chi connectivity index (χ0) is 14.7. The van der Waals surface area contributed by atoms with E-state index in [9.17, 15) is 0 Å². The first kappa shape index (κ1) is 15.1. The Morgan fingerprint density at radius 2 is 2.25 bits per heavy atom. The molecule has 0 spiro atoms. The van der Waals surface area contributed by atoms with Crippen LogP contribution in [0.4, 0.5) is 5.69 Å². The van der Waals surface area contributed by atoms with Gasteiger partial charge in [0.25, 0.3) is 0 Å². The molecule has 1 aromatic rings. The van der Waals surface area contributed by atoms with Gasteiger partial charge in [-0.3, -0.25) is 5.41 Å². The summed E-state index contributed by atoms with van der Waals surface area (Å²) in [5, 5.41) is 8.31. The molecule has 4 nitrogen and oxygen atoms in total. The van der Waals surface area contributed by atoms with Crippen LogP contribution in [-0.4, -0.2) is 32.1 Å². The lowest BCUT2D eigenvalue weighted by molar-refractivity contribution is 0.202. The summed E-state index contributed by atoms with van der Waals surface area (Å²) in [6.07, 6.45) is 2.53. The lowest BCUT2D eigenvalue weighted by atomic mass is 10.1. The van der Waals surface area contributed by atoms with Crippen LogP contribution < -0.4 is 10.6 Å². The maximum atomic E-state index is 7.79. The lowest BCUT2D eigenvalue weighted by Gasteiger charge is -2.33. The van der Waals surface area contributed by atoms with Gasteiger partial charge in [-0.05, 0) is 37.8 Å². The Kier molecular flexibility index (Phi) is 4.89. The molecule has 1 aliphatic rings. The maximum absolute atomic E-state index is 7.79. The zero-order valence-electron chi connectivity index (χ0n) is 12.0. The number of nitrogens with zero attached hydrogens (tertiary/aromatic N) is 1. The number of nitrogens with one attached hydrogen (secondary N) is 1. The van der Waals surface area contributed by atoms with Crippen LogP contribution in [0, 0.1) is 11.3 Å². The van der Waals surface area contributed by atoms with Crippen LogP contribution in [0.3, 0.4) is 0 Å². The molecule has 0 aromatic heterocycles. The van der Waals surface area contributed by atoms with Crippen molar-refractivity contribution in [3.63, 3.8) is 0 Å². The molecule has 5 heteroatoms. The van der Waals surface area contributed by atoms with Gasteiger partial charge in [0.2, 0.25) is 0 Å². The second-order valence-corrected chi connectivity index (χ2v) is 5.72. The summed E-state index contributed by atoms with van der Waals surface area (Å²) in [7, 11) is 1.70. The van der Waals surface area contributed by atoms with Crippen LogP contribution in [-0.2, 0) is 4.74 Å². The molecule has 1 unspecified atom stereocenters. The molecule has 110 valence electrons. The smallest absolute Gasteiger partial charge is 0.126 e. The van der Waals surface area contributed by atoms with Gasteiger partial charge < -0.3 is 15.4 Å². The largest absolute Gasteiger partial charge is 0.384 e. The Morgan fingerprint density at radius 1 is 1.55 bits per heavy atom. The summed E-state index contributed by atoms with van der Waals surface area (Å²) in [6, 6.07) is 6.07. The minimum Gasteiger partial charge on any atom is -0.384 e. The summed E-state index contributed by atoms with van der Waals surface area (Å²) in [5.74, 6) is 0.724. The number of amidine groups is 1. The van der Waals surface area contributed by atoms with E-state index in [4.69, 9.17) is 27.5 Å². The van der Waals surface area contributed by atoms with Crippen molar-refractivity contribution in [3.05, 3.63) is 28.8 Å². The molecule has 1 aliphatic carbocycles. The summed E-state index contributed by atoms with van der Waals surface area (Å²) < 4.78 is 5.22. The summed E-state index contributed by atoms with van der Waals surface area (Å²) in [5.41, 5.74) is 7.27. The second-order valence-electron chi connectivity index (χ2n) is 5.31. The van der Waals surface area contributed by atoms with Gasteiger partial charge in [-0.15, -0.1) is 0 Å². The highest BCUT2D eigenvalue weighted by molar-refractivity contribution is 6.34. The number of nitrogens with two attached hydrogens (primary N) is 1. The van der Waals surface area contributed by atoms with E-state index in [1.165, 1.54) is 12.8 Å². The molecule has 2 rings (SSSR count). The van der Waals surface area contributed by atoms with Gasteiger partial charge in [0.1, 0.15) is 5.84 Å². The van der Waals surface area contributed by atoms with Crippen LogP contribution in [0.25, 0.3) is 0 Å². The number of hydrogen-bond acceptors (Lipinski definition) is 3. The van der Waals surface area contributed by atoms with Gasteiger partial charge in [0.05, 0.1) is 17.2 Å². The van der Waals surface area contributed by atoms with Gasteiger partial charge in [-0.25, -0.2) is 0 Å². The molecule has 1 aromatic carbocycles. The van der Waals surface area contributed by atoms with Gasteiger partial charge in [0.15, 0.2) is 0 Å². The van der Waals surface area contributed by atoms with Crippen LogP contribution >= 0.6 is 11.6 Å². The number of benzene rings is 1. The van der Waals surface area contributed by atoms with Crippen LogP contribution in [0.1, 0.15) is 25.3 Å². The fourth-order valence-electron chi connectivity index (χ4n) is 2.58. The third-order valence-corrected chi connectivity index (χ3v) is 4.22. The quantitative estimate of drug-likeness (QED) is 0.600. The van der Waals surface area contributed by atoms with Crippen LogP contribution in [0.15, 0.2) is 18.2 Å². The van der Waals surface area contributed by atoms with Crippen molar-refractivity contribution in [1.29, 1.82) is 5.41 Å². The SMILES string of the molecule is COCCN(c1cccc(Cl)c1C(=N)N)C(C)C1CC1. The highest BCUT2D eigenvalue weighted by atomic mass is 35.5. The first-order chi connectivity index (χ1) is 9.56. The van der Waals surface area contributed by atoms with E-state index < -0.39 is 0 Å². The average molecular weight is 296 g/mol. The molecule has 0 aliphatic heterocycles. The third kappa shape index (κ3) is 3.25. The number of hydrogen-bond donors (Lipinski definition) is 2. The van der Waals surface area contributed by atoms with E-state index in [0.29, 0.717) is 29.2 Å². The first-order valence-corrected chi connectivity index (χ1v) is 7.32. The van der Waals surface area contributed by atoms with Crippen molar-refractivity contribution in [2.75, 3.05) is 25.2 Å². The van der Waals surface area contributed by atoms with Crippen LogP contribution in [0.5, 0.6) is 0 Å². The molecule has 0 amide bonds. The maximum Gasteiger partial charge on any atom is 0.126 e. The Bertz CT molecular complexity index is 488. The van der Waals surface area contributed by atoms with Crippen molar-refractivity contribution in [2.24, 2.45) is 11.7 Å². The minimum absolute atomic E-state index is 0.0102. The van der Waals surface area contributed by atoms with Crippen LogP contribution in [0.2, 0.25) is 5.02 Å². The molecule has 3 N–H and O–H groups in total. The average Bonchev–Trinajstić information content (AvgIpc) is 3.22. The number of nitrogen functional groups attached to an aromatic ring is 1. The van der Waals surface area contributed by atoms with Gasteiger partial charge in [-0.1, -0.05) is 17.7 Å².